The van der Waals surface area contributed by atoms with E-state index in [9.17, 15) is 9.50 Å². The van der Waals surface area contributed by atoms with Crippen LogP contribution in [-0.4, -0.2) is 5.11 Å². The van der Waals surface area contributed by atoms with Gasteiger partial charge < -0.3 is 5.11 Å². The van der Waals surface area contributed by atoms with Gasteiger partial charge in [-0.15, -0.1) is 0 Å². The van der Waals surface area contributed by atoms with Crippen molar-refractivity contribution in [1.82, 2.24) is 0 Å². The van der Waals surface area contributed by atoms with Crippen molar-refractivity contribution >= 4 is 0 Å². The van der Waals surface area contributed by atoms with E-state index in [4.69, 9.17) is 0 Å². The topological polar surface area (TPSA) is 20.2 Å². The van der Waals surface area contributed by atoms with Gasteiger partial charge in [0.05, 0.1) is 5.60 Å². The fraction of sp³-hybridized carbons (Fsp3) is 0.600. The summed E-state index contributed by atoms with van der Waals surface area (Å²) in [7, 11) is 0. The lowest BCUT2D eigenvalue weighted by molar-refractivity contribution is 0.00740. The summed E-state index contributed by atoms with van der Waals surface area (Å²) >= 11 is 0. The second-order valence-electron chi connectivity index (χ2n) is 5.25. The summed E-state index contributed by atoms with van der Waals surface area (Å²) in [6, 6.07) is 6.41. The molecule has 0 radical (unpaired) electrons. The molecule has 17 heavy (non-hydrogen) atoms. The molecule has 0 aliphatic heterocycles. The van der Waals surface area contributed by atoms with Crippen molar-refractivity contribution in [2.24, 2.45) is 5.92 Å². The molecule has 1 aliphatic rings. The summed E-state index contributed by atoms with van der Waals surface area (Å²) in [6.07, 6.45) is 6.37. The second kappa shape index (κ2) is 5.18. The average molecular weight is 236 g/mol. The van der Waals surface area contributed by atoms with Gasteiger partial charge in [-0.2, -0.15) is 0 Å². The van der Waals surface area contributed by atoms with Gasteiger partial charge in [-0.05, 0) is 36.5 Å². The molecule has 0 saturated heterocycles. The molecule has 1 N–H and O–H groups in total. The zero-order valence-electron chi connectivity index (χ0n) is 10.5. The van der Waals surface area contributed by atoms with Crippen LogP contribution in [-0.2, 0) is 5.60 Å². The third-order valence-electron chi connectivity index (χ3n) is 4.05. The van der Waals surface area contributed by atoms with Gasteiger partial charge in [-0.3, -0.25) is 0 Å². The zero-order chi connectivity index (χ0) is 12.3. The summed E-state index contributed by atoms with van der Waals surface area (Å²) in [6.45, 7) is 1.97. The van der Waals surface area contributed by atoms with Crippen LogP contribution in [0.2, 0.25) is 0 Å². The maximum absolute atomic E-state index is 13.2. The highest BCUT2D eigenvalue weighted by molar-refractivity contribution is 5.23. The summed E-state index contributed by atoms with van der Waals surface area (Å²) in [5.74, 6) is 0.337. The van der Waals surface area contributed by atoms with Crippen LogP contribution in [0.3, 0.4) is 0 Å². The van der Waals surface area contributed by atoms with Crippen molar-refractivity contribution in [3.8, 4) is 0 Å². The molecule has 0 aromatic heterocycles. The van der Waals surface area contributed by atoms with Gasteiger partial charge >= 0.3 is 0 Å². The molecule has 0 bridgehead atoms. The van der Waals surface area contributed by atoms with Gasteiger partial charge in [-0.25, -0.2) is 4.39 Å². The number of halogens is 1. The van der Waals surface area contributed by atoms with E-state index in [1.807, 2.05) is 13.0 Å². The Morgan fingerprint density at radius 3 is 2.65 bits per heavy atom. The van der Waals surface area contributed by atoms with Crippen molar-refractivity contribution in [3.05, 3.63) is 35.6 Å². The first kappa shape index (κ1) is 12.6. The molecule has 1 aromatic rings. The van der Waals surface area contributed by atoms with Gasteiger partial charge in [0.15, 0.2) is 0 Å². The molecule has 1 aromatic carbocycles. The van der Waals surface area contributed by atoms with Crippen LogP contribution in [0.5, 0.6) is 0 Å². The predicted molar refractivity (Wildman–Crippen MR) is 67.2 cm³/mol. The van der Waals surface area contributed by atoms with Gasteiger partial charge in [0.25, 0.3) is 0 Å². The van der Waals surface area contributed by atoms with Crippen molar-refractivity contribution in [1.29, 1.82) is 0 Å². The first-order valence-corrected chi connectivity index (χ1v) is 6.62. The van der Waals surface area contributed by atoms with Crippen LogP contribution < -0.4 is 0 Å². The van der Waals surface area contributed by atoms with E-state index < -0.39 is 5.60 Å². The largest absolute Gasteiger partial charge is 0.385 e. The van der Waals surface area contributed by atoms with Crippen LogP contribution in [0.15, 0.2) is 24.3 Å². The Labute approximate surface area is 103 Å². The van der Waals surface area contributed by atoms with E-state index in [-0.39, 0.29) is 5.82 Å². The molecular weight excluding hydrogens is 215 g/mol. The van der Waals surface area contributed by atoms with Gasteiger partial charge in [-0.1, -0.05) is 44.7 Å². The minimum atomic E-state index is -0.850. The molecule has 2 heteroatoms. The number of aliphatic hydroxyl groups is 1. The first-order chi connectivity index (χ1) is 8.14. The summed E-state index contributed by atoms with van der Waals surface area (Å²) < 4.78 is 13.2. The number of benzene rings is 1. The van der Waals surface area contributed by atoms with Crippen LogP contribution >= 0.6 is 0 Å². The average Bonchev–Trinajstić information content (AvgIpc) is 2.81. The highest BCUT2D eigenvalue weighted by Crippen LogP contribution is 2.38. The first-order valence-electron chi connectivity index (χ1n) is 6.62. The Kier molecular flexibility index (Phi) is 3.82. The molecule has 0 spiro atoms. The molecule has 94 valence electrons. The van der Waals surface area contributed by atoms with Gasteiger partial charge in [0.2, 0.25) is 0 Å². The van der Waals surface area contributed by atoms with Crippen molar-refractivity contribution in [2.75, 3.05) is 0 Å². The van der Waals surface area contributed by atoms with Gasteiger partial charge in [0.1, 0.15) is 5.82 Å². The molecule has 1 aliphatic carbocycles. The minimum absolute atomic E-state index is 0.263. The minimum Gasteiger partial charge on any atom is -0.385 e. The Morgan fingerprint density at radius 1 is 1.35 bits per heavy atom. The Hall–Kier alpha value is -0.890. The Balaban J connectivity index is 2.17. The third-order valence-corrected chi connectivity index (χ3v) is 4.05. The molecule has 2 rings (SSSR count). The van der Waals surface area contributed by atoms with E-state index in [0.717, 1.165) is 12.0 Å². The monoisotopic (exact) mass is 236 g/mol. The predicted octanol–water partition coefficient (Wildman–Crippen LogP) is 4.00. The number of hydrogen-bond acceptors (Lipinski definition) is 1. The second-order valence-corrected chi connectivity index (χ2v) is 5.25. The summed E-state index contributed by atoms with van der Waals surface area (Å²) in [4.78, 5) is 0. The van der Waals surface area contributed by atoms with E-state index >= 15 is 0 Å². The Morgan fingerprint density at radius 2 is 2.06 bits per heavy atom. The molecule has 0 amide bonds. The van der Waals surface area contributed by atoms with Crippen LogP contribution in [0.1, 0.15) is 51.0 Å². The van der Waals surface area contributed by atoms with Crippen molar-refractivity contribution in [2.45, 2.75) is 51.0 Å². The summed E-state index contributed by atoms with van der Waals surface area (Å²) in [5, 5.41) is 10.7. The smallest absolute Gasteiger partial charge is 0.123 e. The zero-order valence-corrected chi connectivity index (χ0v) is 10.5. The lowest BCUT2D eigenvalue weighted by Gasteiger charge is -2.30. The van der Waals surface area contributed by atoms with Gasteiger partial charge in [0, 0.05) is 0 Å². The quantitative estimate of drug-likeness (QED) is 0.837. The molecule has 1 atom stereocenters. The molecule has 1 unspecified atom stereocenters. The third kappa shape index (κ3) is 2.86. The van der Waals surface area contributed by atoms with Crippen molar-refractivity contribution < 1.29 is 9.50 Å². The number of rotatable bonds is 4. The van der Waals surface area contributed by atoms with Crippen LogP contribution in [0.4, 0.5) is 4.39 Å². The van der Waals surface area contributed by atoms with E-state index in [1.54, 1.807) is 6.07 Å². The highest BCUT2D eigenvalue weighted by atomic mass is 19.1. The SMILES string of the molecule is CCC(O)(CC1CCCC1)c1cccc(F)c1. The molecule has 1 saturated carbocycles. The lowest BCUT2D eigenvalue weighted by Crippen LogP contribution is -2.27. The maximum Gasteiger partial charge on any atom is 0.123 e. The number of hydrogen-bond donors (Lipinski definition) is 1. The molecular formula is C15H21FO. The van der Waals surface area contributed by atoms with E-state index in [2.05, 4.69) is 0 Å². The fourth-order valence-corrected chi connectivity index (χ4v) is 2.94. The summed E-state index contributed by atoms with van der Waals surface area (Å²) in [5.41, 5.74) is -0.121. The lowest BCUT2D eigenvalue weighted by atomic mass is 9.82. The van der Waals surface area contributed by atoms with Crippen molar-refractivity contribution in [3.63, 3.8) is 0 Å². The molecule has 1 nitrogen and oxygen atoms in total. The standard InChI is InChI=1S/C15H21FO/c1-2-15(17,11-12-6-3-4-7-12)13-8-5-9-14(16)10-13/h5,8-10,12,17H,2-4,6-7,11H2,1H3. The van der Waals surface area contributed by atoms with Crippen LogP contribution in [0, 0.1) is 11.7 Å². The fourth-order valence-electron chi connectivity index (χ4n) is 2.94. The normalized spacial score (nSPS) is 20.4. The van der Waals surface area contributed by atoms with Crippen LogP contribution in [0.25, 0.3) is 0 Å². The highest BCUT2D eigenvalue weighted by Gasteiger charge is 2.32. The van der Waals surface area contributed by atoms with E-state index in [1.165, 1.54) is 37.8 Å². The van der Waals surface area contributed by atoms with E-state index in [0.29, 0.717) is 12.3 Å². The molecule has 1 fully saturated rings. The molecule has 0 heterocycles. The Bertz CT molecular complexity index is 371. The maximum atomic E-state index is 13.2.